The first kappa shape index (κ1) is 14.4. The van der Waals surface area contributed by atoms with Gasteiger partial charge >= 0.3 is 6.09 Å². The summed E-state index contributed by atoms with van der Waals surface area (Å²) in [6.07, 6.45) is 2.33. The maximum atomic E-state index is 11.6. The molecule has 98 valence electrons. The van der Waals surface area contributed by atoms with Crippen LogP contribution in [-0.4, -0.2) is 30.4 Å². The molecule has 18 heavy (non-hydrogen) atoms. The number of ketones is 1. The molecule has 1 aromatic heterocycles. The zero-order valence-electron chi connectivity index (χ0n) is 10.8. The second kappa shape index (κ2) is 6.96. The lowest BCUT2D eigenvalue weighted by molar-refractivity contribution is 0.104. The van der Waals surface area contributed by atoms with Gasteiger partial charge in [-0.25, -0.2) is 4.79 Å². The molecule has 1 heterocycles. The Morgan fingerprint density at radius 3 is 2.78 bits per heavy atom. The van der Waals surface area contributed by atoms with E-state index < -0.39 is 6.09 Å². The molecule has 0 fully saturated rings. The Morgan fingerprint density at radius 2 is 2.22 bits per heavy atom. The summed E-state index contributed by atoms with van der Waals surface area (Å²) in [6.45, 7) is 4.29. The van der Waals surface area contributed by atoms with E-state index in [0.29, 0.717) is 17.4 Å². The van der Waals surface area contributed by atoms with Crippen molar-refractivity contribution in [3.8, 4) is 0 Å². The zero-order chi connectivity index (χ0) is 13.5. The van der Waals surface area contributed by atoms with Gasteiger partial charge in [0, 0.05) is 19.3 Å². The number of thiophene rings is 1. The van der Waals surface area contributed by atoms with Crippen molar-refractivity contribution in [1.29, 1.82) is 0 Å². The van der Waals surface area contributed by atoms with Crippen molar-refractivity contribution in [3.05, 3.63) is 34.7 Å². The molecule has 1 rings (SSSR count). The van der Waals surface area contributed by atoms with Gasteiger partial charge in [-0.3, -0.25) is 9.69 Å². The lowest BCUT2D eigenvalue weighted by Gasteiger charge is -2.13. The molecule has 1 aromatic rings. The minimum atomic E-state index is -0.459. The van der Waals surface area contributed by atoms with Gasteiger partial charge in [-0.05, 0) is 17.4 Å². The third-order valence-electron chi connectivity index (χ3n) is 2.04. The van der Waals surface area contributed by atoms with E-state index in [1.54, 1.807) is 13.1 Å². The van der Waals surface area contributed by atoms with Crippen LogP contribution in [0, 0.1) is 5.92 Å². The van der Waals surface area contributed by atoms with Crippen LogP contribution < -0.4 is 0 Å². The fraction of sp³-hybridized carbons (Fsp3) is 0.385. The molecule has 5 heteroatoms. The standard InChI is InChI=1S/C13H17NO3S/c1-10(2)9-17-13(16)14(3)7-6-11(15)12-5-4-8-18-12/h4-8,10H,9H2,1-3H3. The van der Waals surface area contributed by atoms with Crippen LogP contribution in [0.5, 0.6) is 0 Å². The Kier molecular flexibility index (Phi) is 5.58. The third kappa shape index (κ3) is 4.71. The predicted octanol–water partition coefficient (Wildman–Crippen LogP) is 3.17. The van der Waals surface area contributed by atoms with Crippen LogP contribution in [0.1, 0.15) is 23.5 Å². The van der Waals surface area contributed by atoms with E-state index in [1.165, 1.54) is 28.5 Å². The molecular weight excluding hydrogens is 250 g/mol. The number of carbonyl (C=O) groups excluding carboxylic acids is 2. The van der Waals surface area contributed by atoms with E-state index in [0.717, 1.165) is 0 Å². The first-order valence-corrected chi connectivity index (χ1v) is 6.54. The Morgan fingerprint density at radius 1 is 1.50 bits per heavy atom. The third-order valence-corrected chi connectivity index (χ3v) is 2.93. The lowest BCUT2D eigenvalue weighted by atomic mass is 10.2. The molecule has 0 aromatic carbocycles. The van der Waals surface area contributed by atoms with E-state index in [2.05, 4.69) is 0 Å². The van der Waals surface area contributed by atoms with Crippen molar-refractivity contribution >= 4 is 23.2 Å². The average molecular weight is 267 g/mol. The molecule has 0 atom stereocenters. The second-order valence-corrected chi connectivity index (χ2v) is 5.19. The molecular formula is C13H17NO3S. The molecule has 0 saturated heterocycles. The number of nitrogens with zero attached hydrogens (tertiary/aromatic N) is 1. The van der Waals surface area contributed by atoms with Crippen molar-refractivity contribution in [2.24, 2.45) is 5.92 Å². The summed E-state index contributed by atoms with van der Waals surface area (Å²) in [4.78, 5) is 25.0. The molecule has 0 aliphatic heterocycles. The molecule has 1 amide bonds. The SMILES string of the molecule is CC(C)COC(=O)N(C)C=CC(=O)c1cccs1. The van der Waals surface area contributed by atoms with Crippen LogP contribution in [0.3, 0.4) is 0 Å². The van der Waals surface area contributed by atoms with E-state index >= 15 is 0 Å². The van der Waals surface area contributed by atoms with Gasteiger partial charge in [-0.1, -0.05) is 19.9 Å². The summed E-state index contributed by atoms with van der Waals surface area (Å²) >= 11 is 1.37. The minimum Gasteiger partial charge on any atom is -0.449 e. The minimum absolute atomic E-state index is 0.117. The van der Waals surface area contributed by atoms with E-state index in [1.807, 2.05) is 25.3 Å². The normalized spacial score (nSPS) is 10.9. The topological polar surface area (TPSA) is 46.6 Å². The van der Waals surface area contributed by atoms with Gasteiger partial charge in [0.15, 0.2) is 5.78 Å². The number of amides is 1. The Bertz CT molecular complexity index is 423. The fourth-order valence-electron chi connectivity index (χ4n) is 1.08. The molecule has 0 radical (unpaired) electrons. The zero-order valence-corrected chi connectivity index (χ0v) is 11.6. The molecule has 0 aliphatic rings. The quantitative estimate of drug-likeness (QED) is 0.608. The first-order chi connectivity index (χ1) is 8.50. The Balaban J connectivity index is 2.46. The van der Waals surface area contributed by atoms with Crippen molar-refractivity contribution in [1.82, 2.24) is 4.90 Å². The van der Waals surface area contributed by atoms with Crippen molar-refractivity contribution in [2.45, 2.75) is 13.8 Å². The number of carbonyl (C=O) groups is 2. The number of hydrogen-bond donors (Lipinski definition) is 0. The van der Waals surface area contributed by atoms with Gasteiger partial charge in [0.2, 0.25) is 0 Å². The van der Waals surface area contributed by atoms with Crippen LogP contribution >= 0.6 is 11.3 Å². The summed E-state index contributed by atoms with van der Waals surface area (Å²) in [5.41, 5.74) is 0. The summed E-state index contributed by atoms with van der Waals surface area (Å²) in [7, 11) is 1.56. The maximum Gasteiger partial charge on any atom is 0.413 e. The summed E-state index contributed by atoms with van der Waals surface area (Å²) in [5, 5.41) is 1.84. The van der Waals surface area contributed by atoms with Crippen molar-refractivity contribution < 1.29 is 14.3 Å². The molecule has 0 saturated carbocycles. The van der Waals surface area contributed by atoms with E-state index in [4.69, 9.17) is 4.74 Å². The van der Waals surface area contributed by atoms with Crippen molar-refractivity contribution in [3.63, 3.8) is 0 Å². The number of ether oxygens (including phenoxy) is 1. The van der Waals surface area contributed by atoms with Gasteiger partial charge in [-0.15, -0.1) is 11.3 Å². The predicted molar refractivity (Wildman–Crippen MR) is 71.7 cm³/mol. The second-order valence-electron chi connectivity index (χ2n) is 4.24. The molecule has 0 unspecified atom stereocenters. The van der Waals surface area contributed by atoms with Gasteiger partial charge in [0.1, 0.15) is 0 Å². The molecule has 0 spiro atoms. The largest absolute Gasteiger partial charge is 0.449 e. The van der Waals surface area contributed by atoms with Crippen LogP contribution in [0.2, 0.25) is 0 Å². The van der Waals surface area contributed by atoms with E-state index in [9.17, 15) is 9.59 Å². The molecule has 4 nitrogen and oxygen atoms in total. The van der Waals surface area contributed by atoms with Crippen LogP contribution in [0.4, 0.5) is 4.79 Å². The summed E-state index contributed by atoms with van der Waals surface area (Å²) in [6, 6.07) is 3.56. The highest BCUT2D eigenvalue weighted by Crippen LogP contribution is 2.10. The summed E-state index contributed by atoms with van der Waals surface area (Å²) < 4.78 is 5.02. The highest BCUT2D eigenvalue weighted by molar-refractivity contribution is 7.12. The van der Waals surface area contributed by atoms with Crippen LogP contribution in [0.25, 0.3) is 0 Å². The smallest absolute Gasteiger partial charge is 0.413 e. The number of allylic oxidation sites excluding steroid dienone is 1. The lowest BCUT2D eigenvalue weighted by Crippen LogP contribution is -2.23. The highest BCUT2D eigenvalue weighted by Gasteiger charge is 2.09. The molecule has 0 N–H and O–H groups in total. The fourth-order valence-corrected chi connectivity index (χ4v) is 1.73. The van der Waals surface area contributed by atoms with Gasteiger partial charge < -0.3 is 4.74 Å². The number of rotatable bonds is 5. The highest BCUT2D eigenvalue weighted by atomic mass is 32.1. The average Bonchev–Trinajstić information content (AvgIpc) is 2.86. The summed E-state index contributed by atoms with van der Waals surface area (Å²) in [5.74, 6) is 0.174. The maximum absolute atomic E-state index is 11.6. The first-order valence-electron chi connectivity index (χ1n) is 5.66. The van der Waals surface area contributed by atoms with Crippen molar-refractivity contribution in [2.75, 3.05) is 13.7 Å². The van der Waals surface area contributed by atoms with Crippen LogP contribution in [-0.2, 0) is 4.74 Å². The Hall–Kier alpha value is -1.62. The molecule has 0 aliphatic carbocycles. The monoisotopic (exact) mass is 267 g/mol. The molecule has 0 bridgehead atoms. The Labute approximate surface area is 111 Å². The van der Waals surface area contributed by atoms with Gasteiger partial charge in [0.25, 0.3) is 0 Å². The van der Waals surface area contributed by atoms with E-state index in [-0.39, 0.29) is 5.78 Å². The van der Waals surface area contributed by atoms with Gasteiger partial charge in [-0.2, -0.15) is 0 Å². The van der Waals surface area contributed by atoms with Gasteiger partial charge in [0.05, 0.1) is 11.5 Å². The number of hydrogen-bond acceptors (Lipinski definition) is 4. The van der Waals surface area contributed by atoms with Crippen LogP contribution in [0.15, 0.2) is 29.8 Å².